The van der Waals surface area contributed by atoms with Crippen molar-refractivity contribution in [1.29, 1.82) is 0 Å². The van der Waals surface area contributed by atoms with Gasteiger partial charge in [0.1, 0.15) is 0 Å². The molecule has 0 fully saturated rings. The van der Waals surface area contributed by atoms with E-state index in [0.717, 1.165) is 0 Å². The number of nitrogens with zero attached hydrogens (tertiary/aromatic N) is 2. The fourth-order valence-electron chi connectivity index (χ4n) is 1.67. The second kappa shape index (κ2) is 3.85. The van der Waals surface area contributed by atoms with E-state index in [1.165, 1.54) is 17.2 Å². The van der Waals surface area contributed by atoms with E-state index in [0.29, 0.717) is 20.5 Å². The highest BCUT2D eigenvalue weighted by atomic mass is 32.2. The van der Waals surface area contributed by atoms with Gasteiger partial charge in [-0.2, -0.15) is 4.98 Å². The third-order valence-electron chi connectivity index (χ3n) is 2.40. The number of sulfone groups is 1. The van der Waals surface area contributed by atoms with Crippen LogP contribution in [0.4, 0.5) is 5.95 Å². The Kier molecular flexibility index (Phi) is 2.42. The van der Waals surface area contributed by atoms with Gasteiger partial charge in [-0.1, -0.05) is 18.2 Å². The van der Waals surface area contributed by atoms with Crippen LogP contribution in [0, 0.1) is 0 Å². The van der Waals surface area contributed by atoms with Gasteiger partial charge in [-0.3, -0.25) is 0 Å². The number of nitrogen functional groups attached to an aromatic ring is 1. The molecule has 92 valence electrons. The minimum Gasteiger partial charge on any atom is -0.368 e. The summed E-state index contributed by atoms with van der Waals surface area (Å²) < 4.78 is 23.8. The Bertz CT molecular complexity index is 749. The summed E-state index contributed by atoms with van der Waals surface area (Å²) in [6, 6.07) is 6.83. The molecule has 0 aliphatic carbocycles. The van der Waals surface area contributed by atoms with E-state index in [9.17, 15) is 8.42 Å². The van der Waals surface area contributed by atoms with Crippen molar-refractivity contribution in [2.45, 2.75) is 10.1 Å². The zero-order valence-corrected chi connectivity index (χ0v) is 10.6. The van der Waals surface area contributed by atoms with Gasteiger partial charge in [-0.05, 0) is 17.8 Å². The topological polar surface area (TPSA) is 102 Å². The number of thioether (sulfide) groups is 1. The molecule has 2 heterocycles. The Morgan fingerprint density at radius 1 is 1.28 bits per heavy atom. The molecule has 18 heavy (non-hydrogen) atoms. The summed E-state index contributed by atoms with van der Waals surface area (Å²) in [5.41, 5.74) is 6.09. The molecule has 0 amide bonds. The van der Waals surface area contributed by atoms with E-state index in [2.05, 4.69) is 15.2 Å². The molecule has 6 nitrogen and oxygen atoms in total. The number of hydrogen-bond donors (Lipinski definition) is 2. The van der Waals surface area contributed by atoms with Gasteiger partial charge in [0.15, 0.2) is 0 Å². The minimum absolute atomic E-state index is 0.201. The van der Waals surface area contributed by atoms with Crippen LogP contribution in [-0.4, -0.2) is 23.6 Å². The average molecular weight is 280 g/mol. The van der Waals surface area contributed by atoms with Crippen molar-refractivity contribution < 1.29 is 8.42 Å². The van der Waals surface area contributed by atoms with Crippen molar-refractivity contribution in [3.8, 4) is 0 Å². The zero-order valence-electron chi connectivity index (χ0n) is 8.99. The highest BCUT2D eigenvalue weighted by Crippen LogP contribution is 2.42. The predicted molar refractivity (Wildman–Crippen MR) is 68.3 cm³/mol. The summed E-state index contributed by atoms with van der Waals surface area (Å²) in [6.07, 6.45) is 0. The molecular weight excluding hydrogens is 272 g/mol. The van der Waals surface area contributed by atoms with E-state index in [1.54, 1.807) is 24.3 Å². The summed E-state index contributed by atoms with van der Waals surface area (Å²) in [5.74, 6) is 0.201. The summed E-state index contributed by atoms with van der Waals surface area (Å²) in [7, 11) is -3.35. The van der Waals surface area contributed by atoms with Crippen molar-refractivity contribution in [2.75, 3.05) is 5.73 Å². The highest BCUT2D eigenvalue weighted by molar-refractivity contribution is 8.09. The Hall–Kier alpha value is -1.80. The molecular formula is C10H8N4O2S2. The zero-order chi connectivity index (χ0) is 12.8. The van der Waals surface area contributed by atoms with Crippen molar-refractivity contribution in [3.05, 3.63) is 35.2 Å². The molecule has 3 rings (SSSR count). The van der Waals surface area contributed by atoms with Gasteiger partial charge in [0, 0.05) is 10.5 Å². The third-order valence-corrected chi connectivity index (χ3v) is 4.99. The Morgan fingerprint density at radius 2 is 2.06 bits per heavy atom. The summed E-state index contributed by atoms with van der Waals surface area (Å²) in [6.45, 7) is 0. The summed E-state index contributed by atoms with van der Waals surface area (Å²) in [4.78, 5) is 4.85. The van der Waals surface area contributed by atoms with Gasteiger partial charge >= 0.3 is 0 Å². The van der Waals surface area contributed by atoms with Gasteiger partial charge in [0.25, 0.3) is 0 Å². The minimum atomic E-state index is -3.35. The number of nitrogens with two attached hydrogens (primary N) is 1. The molecule has 0 atom stereocenters. The maximum Gasteiger partial charge on any atom is 0.216 e. The van der Waals surface area contributed by atoms with Crippen LogP contribution in [-0.2, 0) is 9.84 Å². The monoisotopic (exact) mass is 280 g/mol. The van der Waals surface area contributed by atoms with Crippen molar-refractivity contribution in [2.24, 2.45) is 0 Å². The number of hydrogen-bond acceptors (Lipinski definition) is 6. The maximum atomic E-state index is 11.9. The van der Waals surface area contributed by atoms with Gasteiger partial charge in [-0.15, -0.1) is 5.10 Å². The first-order valence-corrected chi connectivity index (χ1v) is 7.34. The SMILES string of the molecule is Nc1nc(SC2=CS(=O)(=O)c3ccccc32)n[nH]1. The first-order valence-electron chi connectivity index (χ1n) is 4.98. The number of anilines is 1. The van der Waals surface area contributed by atoms with E-state index in [4.69, 9.17) is 5.73 Å². The quantitative estimate of drug-likeness (QED) is 0.858. The number of fused-ring (bicyclic) bond motifs is 1. The third kappa shape index (κ3) is 1.79. The lowest BCUT2D eigenvalue weighted by Crippen LogP contribution is -1.91. The number of H-pyrrole nitrogens is 1. The van der Waals surface area contributed by atoms with E-state index in [1.807, 2.05) is 0 Å². The summed E-state index contributed by atoms with van der Waals surface area (Å²) >= 11 is 1.17. The van der Waals surface area contributed by atoms with E-state index < -0.39 is 9.84 Å². The largest absolute Gasteiger partial charge is 0.368 e. The van der Waals surface area contributed by atoms with Crippen LogP contribution in [0.2, 0.25) is 0 Å². The van der Waals surface area contributed by atoms with Crippen LogP contribution < -0.4 is 5.73 Å². The van der Waals surface area contributed by atoms with E-state index >= 15 is 0 Å². The lowest BCUT2D eigenvalue weighted by molar-refractivity contribution is 0.605. The predicted octanol–water partition coefficient (Wildman–Crippen LogP) is 1.26. The van der Waals surface area contributed by atoms with Crippen LogP contribution in [0.15, 0.2) is 39.7 Å². The molecule has 0 saturated carbocycles. The molecule has 0 unspecified atom stereocenters. The fraction of sp³-hybridized carbons (Fsp3) is 0. The molecule has 1 aromatic heterocycles. The van der Waals surface area contributed by atoms with Crippen molar-refractivity contribution >= 4 is 32.5 Å². The molecule has 1 aromatic carbocycles. The van der Waals surface area contributed by atoms with Gasteiger partial charge in [0.2, 0.25) is 20.9 Å². The van der Waals surface area contributed by atoms with Crippen molar-refractivity contribution in [1.82, 2.24) is 15.2 Å². The molecule has 0 bridgehead atoms. The van der Waals surface area contributed by atoms with Crippen molar-refractivity contribution in [3.63, 3.8) is 0 Å². The van der Waals surface area contributed by atoms with Gasteiger partial charge < -0.3 is 5.73 Å². The molecule has 2 aromatic rings. The second-order valence-corrected chi connectivity index (χ2v) is 6.40. The Morgan fingerprint density at radius 3 is 2.78 bits per heavy atom. The maximum absolute atomic E-state index is 11.9. The molecule has 3 N–H and O–H groups in total. The number of aromatic amines is 1. The lowest BCUT2D eigenvalue weighted by Gasteiger charge is -2.00. The first kappa shape index (κ1) is 11.3. The molecule has 0 spiro atoms. The number of nitrogens with one attached hydrogen (secondary N) is 1. The standard InChI is InChI=1S/C10H8N4O2S2/c11-9-12-10(14-13-9)17-7-5-18(15,16)8-4-2-1-3-6(7)8/h1-5H,(H3,11,12,13,14). The number of benzene rings is 1. The summed E-state index contributed by atoms with van der Waals surface area (Å²) in [5, 5.41) is 8.00. The highest BCUT2D eigenvalue weighted by Gasteiger charge is 2.27. The molecule has 0 radical (unpaired) electrons. The average Bonchev–Trinajstić information content (AvgIpc) is 2.83. The Balaban J connectivity index is 2.04. The lowest BCUT2D eigenvalue weighted by atomic mass is 10.2. The number of aromatic nitrogens is 3. The van der Waals surface area contributed by atoms with E-state index in [-0.39, 0.29) is 5.95 Å². The fourth-order valence-corrected chi connectivity index (χ4v) is 4.31. The van der Waals surface area contributed by atoms with Crippen LogP contribution in [0.1, 0.15) is 5.56 Å². The normalized spacial score (nSPS) is 16.3. The van der Waals surface area contributed by atoms with Gasteiger partial charge in [0.05, 0.1) is 10.3 Å². The van der Waals surface area contributed by atoms with Crippen LogP contribution in [0.5, 0.6) is 0 Å². The smallest absolute Gasteiger partial charge is 0.216 e. The molecule has 0 saturated heterocycles. The van der Waals surface area contributed by atoms with Crippen LogP contribution >= 0.6 is 11.8 Å². The molecule has 8 heteroatoms. The van der Waals surface area contributed by atoms with Crippen LogP contribution in [0.3, 0.4) is 0 Å². The second-order valence-electron chi connectivity index (χ2n) is 3.63. The van der Waals surface area contributed by atoms with Crippen LogP contribution in [0.25, 0.3) is 4.91 Å². The Labute approximate surface area is 107 Å². The van der Waals surface area contributed by atoms with Gasteiger partial charge in [-0.25, -0.2) is 13.5 Å². The molecule has 1 aliphatic rings. The number of rotatable bonds is 2. The first-order chi connectivity index (χ1) is 8.56. The molecule has 1 aliphatic heterocycles.